The van der Waals surface area contributed by atoms with E-state index in [4.69, 9.17) is 5.73 Å². The van der Waals surface area contributed by atoms with Crippen LogP contribution in [-0.2, 0) is 5.41 Å². The first-order chi connectivity index (χ1) is 9.32. The summed E-state index contributed by atoms with van der Waals surface area (Å²) in [6.07, 6.45) is 0. The number of hydrogen-bond acceptors (Lipinski definition) is 1. The fourth-order valence-corrected chi connectivity index (χ4v) is 2.73. The van der Waals surface area contributed by atoms with Gasteiger partial charge in [0.2, 0.25) is 0 Å². The maximum Gasteiger partial charge on any atom is 0.0557 e. The quantitative estimate of drug-likeness (QED) is 0.842. The van der Waals surface area contributed by atoms with Gasteiger partial charge in [0.1, 0.15) is 0 Å². The third kappa shape index (κ3) is 2.78. The van der Waals surface area contributed by atoms with Crippen LogP contribution in [0.4, 0.5) is 0 Å². The second kappa shape index (κ2) is 5.41. The number of nitrogens with two attached hydrogens (primary N) is 1. The molecule has 2 N–H and O–H groups in total. The van der Waals surface area contributed by atoms with Gasteiger partial charge in [-0.25, -0.2) is 0 Å². The van der Waals surface area contributed by atoms with Crippen molar-refractivity contribution in [1.82, 2.24) is 0 Å². The Morgan fingerprint density at radius 2 is 1.45 bits per heavy atom. The minimum Gasteiger partial charge on any atom is -0.320 e. The van der Waals surface area contributed by atoms with Crippen LogP contribution < -0.4 is 5.73 Å². The van der Waals surface area contributed by atoms with Gasteiger partial charge in [0.05, 0.1) is 6.04 Å². The van der Waals surface area contributed by atoms with Crippen molar-refractivity contribution in [3.63, 3.8) is 0 Å². The molecule has 0 aliphatic carbocycles. The molecule has 0 radical (unpaired) electrons. The predicted octanol–water partition coefficient (Wildman–Crippen LogP) is 4.65. The first-order valence-electron chi connectivity index (χ1n) is 7.23. The highest BCUT2D eigenvalue weighted by Gasteiger charge is 2.22. The van der Waals surface area contributed by atoms with Gasteiger partial charge in [-0.3, -0.25) is 0 Å². The number of aryl methyl sites for hydroxylation is 1. The Hall–Kier alpha value is -1.60. The molecule has 0 saturated carbocycles. The molecule has 2 rings (SSSR count). The standard InChI is InChI=1S/C19H25N/c1-13-9-8-11-15(14(13)2)18(20)16-10-6-7-12-17(16)19(3,4)5/h6-12,18H,20H2,1-5H3. The van der Waals surface area contributed by atoms with E-state index in [0.717, 1.165) is 0 Å². The van der Waals surface area contributed by atoms with E-state index in [2.05, 4.69) is 77.1 Å². The number of hydrogen-bond donors (Lipinski definition) is 1. The smallest absolute Gasteiger partial charge is 0.0557 e. The fraction of sp³-hybridized carbons (Fsp3) is 0.368. The zero-order valence-electron chi connectivity index (χ0n) is 13.2. The highest BCUT2D eigenvalue weighted by Crippen LogP contribution is 2.32. The average molecular weight is 267 g/mol. The molecule has 0 spiro atoms. The summed E-state index contributed by atoms with van der Waals surface area (Å²) >= 11 is 0. The van der Waals surface area contributed by atoms with Crippen LogP contribution in [0.3, 0.4) is 0 Å². The Bertz CT molecular complexity index is 605. The largest absolute Gasteiger partial charge is 0.320 e. The fourth-order valence-electron chi connectivity index (χ4n) is 2.73. The topological polar surface area (TPSA) is 26.0 Å². The molecule has 0 aliphatic heterocycles. The van der Waals surface area contributed by atoms with E-state index in [9.17, 15) is 0 Å². The second-order valence-corrected chi connectivity index (χ2v) is 6.60. The van der Waals surface area contributed by atoms with Crippen molar-refractivity contribution in [2.75, 3.05) is 0 Å². The zero-order valence-corrected chi connectivity index (χ0v) is 13.2. The van der Waals surface area contributed by atoms with Crippen molar-refractivity contribution in [3.05, 3.63) is 70.3 Å². The van der Waals surface area contributed by atoms with Crippen LogP contribution >= 0.6 is 0 Å². The summed E-state index contributed by atoms with van der Waals surface area (Å²) in [4.78, 5) is 0. The molecule has 0 fully saturated rings. The molecule has 0 bridgehead atoms. The van der Waals surface area contributed by atoms with E-state index >= 15 is 0 Å². The van der Waals surface area contributed by atoms with Crippen LogP contribution in [0, 0.1) is 13.8 Å². The SMILES string of the molecule is Cc1cccc(C(N)c2ccccc2C(C)(C)C)c1C. The summed E-state index contributed by atoms with van der Waals surface area (Å²) in [7, 11) is 0. The Morgan fingerprint density at radius 1 is 0.850 bits per heavy atom. The van der Waals surface area contributed by atoms with Gasteiger partial charge in [0.25, 0.3) is 0 Å². The van der Waals surface area contributed by atoms with Gasteiger partial charge in [0.15, 0.2) is 0 Å². The summed E-state index contributed by atoms with van der Waals surface area (Å²) in [5.41, 5.74) is 13.1. The van der Waals surface area contributed by atoms with E-state index in [1.165, 1.54) is 27.8 Å². The lowest BCUT2D eigenvalue weighted by atomic mass is 9.80. The van der Waals surface area contributed by atoms with Gasteiger partial charge in [-0.2, -0.15) is 0 Å². The van der Waals surface area contributed by atoms with Crippen molar-refractivity contribution in [1.29, 1.82) is 0 Å². The summed E-state index contributed by atoms with van der Waals surface area (Å²) in [6, 6.07) is 14.8. The van der Waals surface area contributed by atoms with E-state index in [1.54, 1.807) is 0 Å². The zero-order chi connectivity index (χ0) is 14.9. The van der Waals surface area contributed by atoms with Gasteiger partial charge in [-0.1, -0.05) is 63.2 Å². The molecule has 1 unspecified atom stereocenters. The van der Waals surface area contributed by atoms with Crippen LogP contribution in [0.5, 0.6) is 0 Å². The molecule has 1 heteroatoms. The molecule has 1 nitrogen and oxygen atoms in total. The summed E-state index contributed by atoms with van der Waals surface area (Å²) in [6.45, 7) is 11.0. The van der Waals surface area contributed by atoms with Crippen molar-refractivity contribution < 1.29 is 0 Å². The third-order valence-corrected chi connectivity index (χ3v) is 4.09. The average Bonchev–Trinajstić information content (AvgIpc) is 2.40. The van der Waals surface area contributed by atoms with Crippen LogP contribution in [-0.4, -0.2) is 0 Å². The molecule has 20 heavy (non-hydrogen) atoms. The Kier molecular flexibility index (Phi) is 4.01. The second-order valence-electron chi connectivity index (χ2n) is 6.60. The first kappa shape index (κ1) is 14.8. The normalized spacial score (nSPS) is 13.3. The van der Waals surface area contributed by atoms with Crippen molar-refractivity contribution in [2.24, 2.45) is 5.73 Å². The highest BCUT2D eigenvalue weighted by molar-refractivity contribution is 5.44. The van der Waals surface area contributed by atoms with E-state index in [0.29, 0.717) is 0 Å². The first-order valence-corrected chi connectivity index (χ1v) is 7.23. The molecule has 2 aromatic carbocycles. The molecule has 0 aromatic heterocycles. The highest BCUT2D eigenvalue weighted by atomic mass is 14.6. The third-order valence-electron chi connectivity index (χ3n) is 4.09. The lowest BCUT2D eigenvalue weighted by molar-refractivity contribution is 0.577. The van der Waals surface area contributed by atoms with Gasteiger partial charge >= 0.3 is 0 Å². The van der Waals surface area contributed by atoms with Gasteiger partial charge in [0, 0.05) is 0 Å². The number of rotatable bonds is 2. The van der Waals surface area contributed by atoms with E-state index in [-0.39, 0.29) is 11.5 Å². The molecule has 0 amide bonds. The molecule has 2 aromatic rings. The molecular weight excluding hydrogens is 242 g/mol. The lowest BCUT2D eigenvalue weighted by Crippen LogP contribution is -2.21. The Morgan fingerprint density at radius 3 is 2.10 bits per heavy atom. The van der Waals surface area contributed by atoms with Crippen molar-refractivity contribution in [3.8, 4) is 0 Å². The van der Waals surface area contributed by atoms with Gasteiger partial charge in [-0.15, -0.1) is 0 Å². The molecule has 0 saturated heterocycles. The predicted molar refractivity (Wildman–Crippen MR) is 87.1 cm³/mol. The summed E-state index contributed by atoms with van der Waals surface area (Å²) < 4.78 is 0. The van der Waals surface area contributed by atoms with Crippen LogP contribution in [0.25, 0.3) is 0 Å². The summed E-state index contributed by atoms with van der Waals surface area (Å²) in [5, 5.41) is 0. The van der Waals surface area contributed by atoms with E-state index in [1.807, 2.05) is 0 Å². The van der Waals surface area contributed by atoms with Gasteiger partial charge in [-0.05, 0) is 47.1 Å². The van der Waals surface area contributed by atoms with Gasteiger partial charge < -0.3 is 5.73 Å². The van der Waals surface area contributed by atoms with Crippen molar-refractivity contribution >= 4 is 0 Å². The summed E-state index contributed by atoms with van der Waals surface area (Å²) in [5.74, 6) is 0. The van der Waals surface area contributed by atoms with Crippen LogP contribution in [0.1, 0.15) is 54.6 Å². The minimum absolute atomic E-state index is 0.0645. The number of benzene rings is 2. The lowest BCUT2D eigenvalue weighted by Gasteiger charge is -2.27. The van der Waals surface area contributed by atoms with E-state index < -0.39 is 0 Å². The molecule has 0 aliphatic rings. The molecule has 106 valence electrons. The molecule has 1 atom stereocenters. The molecule has 0 heterocycles. The minimum atomic E-state index is -0.0645. The molecular formula is C19H25N. The maximum atomic E-state index is 6.58. The Labute approximate surface area is 122 Å². The van der Waals surface area contributed by atoms with Crippen LogP contribution in [0.2, 0.25) is 0 Å². The van der Waals surface area contributed by atoms with Crippen molar-refractivity contribution in [2.45, 2.75) is 46.1 Å². The monoisotopic (exact) mass is 267 g/mol. The maximum absolute atomic E-state index is 6.58. The Balaban J connectivity index is 2.55. The van der Waals surface area contributed by atoms with Crippen LogP contribution in [0.15, 0.2) is 42.5 Å².